The minimum absolute atomic E-state index is 0.348. The number of halogens is 4. The highest BCUT2D eigenvalue weighted by Crippen LogP contribution is 2.29. The Morgan fingerprint density at radius 1 is 1.00 bits per heavy atom. The molecule has 0 aromatic heterocycles. The van der Waals surface area contributed by atoms with Crippen molar-refractivity contribution in [1.82, 2.24) is 0 Å². The first-order valence-electron chi connectivity index (χ1n) is 5.66. The molecule has 0 unspecified atom stereocenters. The Morgan fingerprint density at radius 3 is 2.40 bits per heavy atom. The summed E-state index contributed by atoms with van der Waals surface area (Å²) in [6.45, 7) is 3.53. The van der Waals surface area contributed by atoms with E-state index < -0.39 is 12.2 Å². The van der Waals surface area contributed by atoms with Gasteiger partial charge in [-0.3, -0.25) is 0 Å². The number of hydrogen-bond donors (Lipinski definition) is 0. The Labute approximate surface area is 113 Å². The molecule has 0 saturated carbocycles. The molecule has 0 aliphatic rings. The molecule has 0 amide bonds. The normalized spacial score (nSPS) is 11.2. The van der Waals surface area contributed by atoms with Gasteiger partial charge in [0.1, 0.15) is 11.6 Å². The van der Waals surface area contributed by atoms with E-state index >= 15 is 0 Å². The molecule has 0 aliphatic heterocycles. The largest absolute Gasteiger partial charge is 0.573 e. The maximum absolute atomic E-state index is 13.4. The monoisotopic (exact) mass is 282 g/mol. The fourth-order valence-corrected chi connectivity index (χ4v) is 1.77. The Balaban J connectivity index is 2.40. The standard InChI is InChI=1S/C15H10F4O/c1-2-10-6-12(8-13(16)7-10)11-4-3-5-14(9-11)20-15(17,18)19/h2-9H,1H2. The van der Waals surface area contributed by atoms with Crippen LogP contribution in [0.2, 0.25) is 0 Å². The first-order chi connectivity index (χ1) is 9.37. The van der Waals surface area contributed by atoms with Crippen molar-refractivity contribution in [1.29, 1.82) is 0 Å². The molecule has 20 heavy (non-hydrogen) atoms. The lowest BCUT2D eigenvalue weighted by Crippen LogP contribution is -2.17. The highest BCUT2D eigenvalue weighted by atomic mass is 19.4. The van der Waals surface area contributed by atoms with Crippen LogP contribution in [0.15, 0.2) is 49.0 Å². The molecule has 0 atom stereocenters. The van der Waals surface area contributed by atoms with E-state index in [9.17, 15) is 17.6 Å². The summed E-state index contributed by atoms with van der Waals surface area (Å²) >= 11 is 0. The zero-order valence-electron chi connectivity index (χ0n) is 10.2. The topological polar surface area (TPSA) is 9.23 Å². The van der Waals surface area contributed by atoms with E-state index in [0.29, 0.717) is 16.7 Å². The summed E-state index contributed by atoms with van der Waals surface area (Å²) < 4.78 is 53.7. The van der Waals surface area contributed by atoms with Gasteiger partial charge in [0.2, 0.25) is 0 Å². The summed E-state index contributed by atoms with van der Waals surface area (Å²) in [7, 11) is 0. The lowest BCUT2D eigenvalue weighted by Gasteiger charge is -2.10. The average Bonchev–Trinajstić information content (AvgIpc) is 2.36. The number of rotatable bonds is 3. The van der Waals surface area contributed by atoms with E-state index in [1.807, 2.05) is 0 Å². The summed E-state index contributed by atoms with van der Waals surface area (Å²) in [6.07, 6.45) is -3.30. The van der Waals surface area contributed by atoms with Gasteiger partial charge in [-0.15, -0.1) is 13.2 Å². The molecule has 0 bridgehead atoms. The number of ether oxygens (including phenoxy) is 1. The summed E-state index contributed by atoms with van der Waals surface area (Å²) in [4.78, 5) is 0. The van der Waals surface area contributed by atoms with Gasteiger partial charge < -0.3 is 4.74 Å². The number of alkyl halides is 3. The van der Waals surface area contributed by atoms with Gasteiger partial charge in [-0.05, 0) is 47.0 Å². The Hall–Kier alpha value is -2.30. The second kappa shape index (κ2) is 5.36. The first-order valence-corrected chi connectivity index (χ1v) is 5.66. The average molecular weight is 282 g/mol. The molecule has 0 radical (unpaired) electrons. The Kier molecular flexibility index (Phi) is 3.79. The van der Waals surface area contributed by atoms with Gasteiger partial charge in [0.05, 0.1) is 0 Å². The van der Waals surface area contributed by atoms with Crippen molar-refractivity contribution in [2.75, 3.05) is 0 Å². The van der Waals surface area contributed by atoms with Crippen molar-refractivity contribution in [3.63, 3.8) is 0 Å². The molecule has 0 heterocycles. The predicted octanol–water partition coefficient (Wildman–Crippen LogP) is 5.03. The molecule has 0 aliphatic carbocycles. The minimum atomic E-state index is -4.76. The lowest BCUT2D eigenvalue weighted by molar-refractivity contribution is -0.274. The van der Waals surface area contributed by atoms with Crippen molar-refractivity contribution in [2.24, 2.45) is 0 Å². The highest BCUT2D eigenvalue weighted by molar-refractivity contribution is 5.68. The molecule has 0 N–H and O–H groups in total. The summed E-state index contributed by atoms with van der Waals surface area (Å²) in [5.41, 5.74) is 1.42. The van der Waals surface area contributed by atoms with Gasteiger partial charge in [0, 0.05) is 0 Å². The number of benzene rings is 2. The molecule has 2 aromatic rings. The van der Waals surface area contributed by atoms with Crippen LogP contribution in [0.5, 0.6) is 5.75 Å². The van der Waals surface area contributed by atoms with E-state index in [1.54, 1.807) is 12.1 Å². The molecule has 0 fully saturated rings. The van der Waals surface area contributed by atoms with Crippen LogP contribution >= 0.6 is 0 Å². The van der Waals surface area contributed by atoms with Gasteiger partial charge in [-0.2, -0.15) is 0 Å². The second-order valence-corrected chi connectivity index (χ2v) is 4.05. The van der Waals surface area contributed by atoms with Crippen LogP contribution in [-0.4, -0.2) is 6.36 Å². The van der Waals surface area contributed by atoms with Crippen molar-refractivity contribution in [3.05, 3.63) is 60.4 Å². The molecule has 1 nitrogen and oxygen atoms in total. The Morgan fingerprint density at radius 2 is 1.75 bits per heavy atom. The first kappa shape index (κ1) is 14.1. The van der Waals surface area contributed by atoms with E-state index in [0.717, 1.165) is 0 Å². The smallest absolute Gasteiger partial charge is 0.406 e. The zero-order chi connectivity index (χ0) is 14.8. The van der Waals surface area contributed by atoms with Crippen molar-refractivity contribution < 1.29 is 22.3 Å². The van der Waals surface area contributed by atoms with Crippen LogP contribution in [-0.2, 0) is 0 Å². The summed E-state index contributed by atoms with van der Waals surface area (Å²) in [5.74, 6) is -0.834. The quantitative estimate of drug-likeness (QED) is 0.717. The molecular formula is C15H10F4O. The van der Waals surface area contributed by atoms with E-state index in [-0.39, 0.29) is 5.75 Å². The predicted molar refractivity (Wildman–Crippen MR) is 68.6 cm³/mol. The maximum atomic E-state index is 13.4. The summed E-state index contributed by atoms with van der Waals surface area (Å²) in [5, 5.41) is 0. The van der Waals surface area contributed by atoms with E-state index in [1.165, 1.54) is 36.4 Å². The van der Waals surface area contributed by atoms with Crippen LogP contribution < -0.4 is 4.74 Å². The van der Waals surface area contributed by atoms with Crippen molar-refractivity contribution in [3.8, 4) is 16.9 Å². The van der Waals surface area contributed by atoms with Gasteiger partial charge in [-0.1, -0.05) is 24.8 Å². The molecule has 0 spiro atoms. The van der Waals surface area contributed by atoms with E-state index in [2.05, 4.69) is 11.3 Å². The third kappa shape index (κ3) is 3.60. The van der Waals surface area contributed by atoms with Crippen LogP contribution in [0.25, 0.3) is 17.2 Å². The van der Waals surface area contributed by atoms with Crippen molar-refractivity contribution in [2.45, 2.75) is 6.36 Å². The van der Waals surface area contributed by atoms with Crippen LogP contribution in [0, 0.1) is 5.82 Å². The van der Waals surface area contributed by atoms with Crippen LogP contribution in [0.4, 0.5) is 17.6 Å². The van der Waals surface area contributed by atoms with Crippen LogP contribution in [0.1, 0.15) is 5.56 Å². The molecule has 2 rings (SSSR count). The summed E-state index contributed by atoms with van der Waals surface area (Å²) in [6, 6.07) is 9.52. The zero-order valence-corrected chi connectivity index (χ0v) is 10.2. The fraction of sp³-hybridized carbons (Fsp3) is 0.0667. The maximum Gasteiger partial charge on any atom is 0.573 e. The fourth-order valence-electron chi connectivity index (χ4n) is 1.77. The van der Waals surface area contributed by atoms with E-state index in [4.69, 9.17) is 0 Å². The molecule has 0 saturated heterocycles. The Bertz CT molecular complexity index is 632. The van der Waals surface area contributed by atoms with Gasteiger partial charge >= 0.3 is 6.36 Å². The second-order valence-electron chi connectivity index (χ2n) is 4.05. The third-order valence-corrected chi connectivity index (χ3v) is 2.56. The van der Waals surface area contributed by atoms with Gasteiger partial charge in [-0.25, -0.2) is 4.39 Å². The molecule has 2 aromatic carbocycles. The molecule has 5 heteroatoms. The minimum Gasteiger partial charge on any atom is -0.406 e. The van der Waals surface area contributed by atoms with Crippen molar-refractivity contribution >= 4 is 6.08 Å². The highest BCUT2D eigenvalue weighted by Gasteiger charge is 2.31. The van der Waals surface area contributed by atoms with Gasteiger partial charge in [0.25, 0.3) is 0 Å². The lowest BCUT2D eigenvalue weighted by atomic mass is 10.0. The van der Waals surface area contributed by atoms with Gasteiger partial charge in [0.15, 0.2) is 0 Å². The SMILES string of the molecule is C=Cc1cc(F)cc(-c2cccc(OC(F)(F)F)c2)c1. The number of hydrogen-bond acceptors (Lipinski definition) is 1. The molecular weight excluding hydrogens is 272 g/mol. The third-order valence-electron chi connectivity index (χ3n) is 2.56. The van der Waals surface area contributed by atoms with Crippen LogP contribution in [0.3, 0.4) is 0 Å². The molecule has 104 valence electrons.